The Kier molecular flexibility index (Phi) is 49.2. The molecule has 0 aromatic rings. The summed E-state index contributed by atoms with van der Waals surface area (Å²) in [5.41, 5.74) is 0. The van der Waals surface area contributed by atoms with Gasteiger partial charge in [0, 0.05) is 19.4 Å². The third-order valence-corrected chi connectivity index (χ3v) is 12.8. The largest absolute Gasteiger partial charge is 0.472 e. The number of aliphatic hydroxyl groups is 1. The minimum atomic E-state index is -4.42. The summed E-state index contributed by atoms with van der Waals surface area (Å²) >= 11 is 0. The van der Waals surface area contributed by atoms with Gasteiger partial charge in [-0.15, -0.1) is 0 Å². The molecule has 64 heavy (non-hydrogen) atoms. The maximum Gasteiger partial charge on any atom is 0.472 e. The Morgan fingerprint density at radius 2 is 0.844 bits per heavy atom. The zero-order valence-corrected chi connectivity index (χ0v) is 42.6. The number of nitrogens with one attached hydrogen (secondary N) is 1. The van der Waals surface area contributed by atoms with Gasteiger partial charge in [0.1, 0.15) is 12.7 Å². The van der Waals surface area contributed by atoms with Gasteiger partial charge in [0.15, 0.2) is 0 Å². The second-order valence-electron chi connectivity index (χ2n) is 18.2. The first kappa shape index (κ1) is 62.2. The molecule has 0 heterocycles. The van der Waals surface area contributed by atoms with E-state index in [0.717, 1.165) is 51.4 Å². The summed E-state index contributed by atoms with van der Waals surface area (Å²) in [5, 5.41) is 12.8. The van der Waals surface area contributed by atoms with E-state index in [1.165, 1.54) is 186 Å². The van der Waals surface area contributed by atoms with Crippen molar-refractivity contribution in [2.24, 2.45) is 0 Å². The first-order valence-corrected chi connectivity index (χ1v) is 28.5. The van der Waals surface area contributed by atoms with Crippen LogP contribution in [0, 0.1) is 0 Å². The second-order valence-corrected chi connectivity index (χ2v) is 19.7. The van der Waals surface area contributed by atoms with Crippen molar-refractivity contribution in [2.45, 2.75) is 270 Å². The van der Waals surface area contributed by atoms with Crippen LogP contribution in [0.2, 0.25) is 0 Å². The maximum absolute atomic E-state index is 12.2. The number of hydrogen-bond donors (Lipinski definition) is 3. The number of unbranched alkanes of at least 4 members (excludes halogenated alkanes) is 32. The van der Waals surface area contributed by atoms with Crippen LogP contribution in [-0.2, 0) is 27.9 Å². The number of phosphoric acid groups is 1. The van der Waals surface area contributed by atoms with Crippen molar-refractivity contribution in [3.63, 3.8) is 0 Å². The molecule has 0 fully saturated rings. The molecule has 3 N–H and O–H groups in total. The van der Waals surface area contributed by atoms with Crippen LogP contribution in [0.25, 0.3) is 0 Å². The molecule has 10 heteroatoms. The molecule has 0 bridgehead atoms. The molecule has 2 atom stereocenters. The highest BCUT2D eigenvalue weighted by atomic mass is 31.2. The van der Waals surface area contributed by atoms with Crippen molar-refractivity contribution < 1.29 is 37.9 Å². The summed E-state index contributed by atoms with van der Waals surface area (Å²) < 4.78 is 27.0. The molecular weight excluding hydrogens is 822 g/mol. The van der Waals surface area contributed by atoms with Gasteiger partial charge in [-0.2, -0.15) is 0 Å². The minimum Gasteiger partial charge on any atom is -0.463 e. The van der Waals surface area contributed by atoms with Gasteiger partial charge in [-0.25, -0.2) is 4.57 Å². The molecule has 0 spiro atoms. The summed E-state index contributed by atoms with van der Waals surface area (Å²) in [5.74, 6) is -0.510. The lowest BCUT2D eigenvalue weighted by atomic mass is 10.0. The Morgan fingerprint density at radius 3 is 1.30 bits per heavy atom. The van der Waals surface area contributed by atoms with Gasteiger partial charge in [-0.05, 0) is 51.4 Å². The standard InChI is InChI=1S/C54H102NO8P/c1-3-5-7-9-11-13-15-17-19-21-23-25-26-27-29-31-33-35-37-39-41-43-45-47-54(58)61-50-52(56)51-63-64(59,60)62-49-48-55-53(57)46-44-42-40-38-36-34-32-30-28-24-22-20-18-16-14-12-10-8-6-4-2/h11,13,17,19,23,25,52,56H,3-10,12,14-16,18,20-22,24,26-51H2,1-2H3,(H,55,57)(H,59,60)/b13-11-,19-17-,25-23-. The fourth-order valence-corrected chi connectivity index (χ4v) is 8.50. The van der Waals surface area contributed by atoms with E-state index >= 15 is 0 Å². The summed E-state index contributed by atoms with van der Waals surface area (Å²) in [6.07, 6.45) is 59.4. The Balaban J connectivity index is 3.53. The maximum atomic E-state index is 12.2. The van der Waals surface area contributed by atoms with E-state index < -0.39 is 26.5 Å². The molecule has 2 unspecified atom stereocenters. The lowest BCUT2D eigenvalue weighted by Crippen LogP contribution is -2.27. The minimum absolute atomic E-state index is 0.0846. The Bertz CT molecular complexity index is 1140. The van der Waals surface area contributed by atoms with Crippen LogP contribution in [0.4, 0.5) is 0 Å². The normalized spacial score (nSPS) is 13.4. The zero-order valence-electron chi connectivity index (χ0n) is 41.7. The van der Waals surface area contributed by atoms with E-state index in [1.54, 1.807) is 0 Å². The van der Waals surface area contributed by atoms with E-state index in [4.69, 9.17) is 13.8 Å². The molecule has 0 aromatic heterocycles. The van der Waals surface area contributed by atoms with Crippen molar-refractivity contribution in [1.82, 2.24) is 5.32 Å². The van der Waals surface area contributed by atoms with Crippen molar-refractivity contribution in [3.8, 4) is 0 Å². The van der Waals surface area contributed by atoms with Gasteiger partial charge in [0.05, 0.1) is 13.2 Å². The summed E-state index contributed by atoms with van der Waals surface area (Å²) in [7, 11) is -4.42. The van der Waals surface area contributed by atoms with Gasteiger partial charge in [-0.1, -0.05) is 237 Å². The fraction of sp³-hybridized carbons (Fsp3) is 0.852. The van der Waals surface area contributed by atoms with Crippen molar-refractivity contribution in [2.75, 3.05) is 26.4 Å². The van der Waals surface area contributed by atoms with Crippen molar-refractivity contribution in [1.29, 1.82) is 0 Å². The smallest absolute Gasteiger partial charge is 0.463 e. The number of carbonyl (C=O) groups excluding carboxylic acids is 2. The molecule has 9 nitrogen and oxygen atoms in total. The van der Waals surface area contributed by atoms with Crippen LogP contribution >= 0.6 is 7.82 Å². The third kappa shape index (κ3) is 51.2. The number of allylic oxidation sites excluding steroid dienone is 6. The average molecular weight is 924 g/mol. The van der Waals surface area contributed by atoms with E-state index in [0.29, 0.717) is 6.42 Å². The van der Waals surface area contributed by atoms with E-state index in [-0.39, 0.29) is 32.1 Å². The number of esters is 1. The topological polar surface area (TPSA) is 131 Å². The van der Waals surface area contributed by atoms with Crippen LogP contribution in [0.15, 0.2) is 36.5 Å². The molecule has 0 aliphatic heterocycles. The predicted octanol–water partition coefficient (Wildman–Crippen LogP) is 16.1. The van der Waals surface area contributed by atoms with Gasteiger partial charge in [0.25, 0.3) is 0 Å². The van der Waals surface area contributed by atoms with Crippen LogP contribution in [0.5, 0.6) is 0 Å². The lowest BCUT2D eigenvalue weighted by molar-refractivity contribution is -0.147. The Labute approximate surface area is 394 Å². The third-order valence-electron chi connectivity index (χ3n) is 11.8. The molecule has 0 aliphatic rings. The lowest BCUT2D eigenvalue weighted by Gasteiger charge is -2.15. The number of amides is 1. The number of hydrogen-bond acceptors (Lipinski definition) is 7. The quantitative estimate of drug-likeness (QED) is 0.0238. The fourth-order valence-electron chi connectivity index (χ4n) is 7.74. The number of rotatable bonds is 51. The van der Waals surface area contributed by atoms with Crippen LogP contribution < -0.4 is 5.32 Å². The number of aliphatic hydroxyl groups excluding tert-OH is 1. The SMILES string of the molecule is CCCCC/C=C\C/C=C\C/C=C\CCCCCCCCCCCCC(=O)OCC(O)COP(=O)(O)OCCNC(=O)CCCCCCCCCCCCCCCCCCCCCC. The molecule has 0 saturated heterocycles. The summed E-state index contributed by atoms with van der Waals surface area (Å²) in [4.78, 5) is 34.1. The van der Waals surface area contributed by atoms with Gasteiger partial charge in [-0.3, -0.25) is 18.6 Å². The van der Waals surface area contributed by atoms with E-state index in [2.05, 4.69) is 55.6 Å². The number of phosphoric ester groups is 1. The first-order valence-electron chi connectivity index (χ1n) is 27.0. The summed E-state index contributed by atoms with van der Waals surface area (Å²) in [6, 6.07) is 0. The highest BCUT2D eigenvalue weighted by molar-refractivity contribution is 7.47. The summed E-state index contributed by atoms with van der Waals surface area (Å²) in [6.45, 7) is 3.57. The average Bonchev–Trinajstić information content (AvgIpc) is 3.28. The van der Waals surface area contributed by atoms with Crippen LogP contribution in [0.1, 0.15) is 264 Å². The second kappa shape index (κ2) is 50.6. The monoisotopic (exact) mass is 924 g/mol. The Hall–Kier alpha value is -1.77. The van der Waals surface area contributed by atoms with Gasteiger partial charge >= 0.3 is 13.8 Å². The van der Waals surface area contributed by atoms with Crippen molar-refractivity contribution >= 4 is 19.7 Å². The predicted molar refractivity (Wildman–Crippen MR) is 271 cm³/mol. The molecule has 1 amide bonds. The highest BCUT2D eigenvalue weighted by Gasteiger charge is 2.23. The van der Waals surface area contributed by atoms with E-state index in [9.17, 15) is 24.2 Å². The molecule has 0 rings (SSSR count). The first-order chi connectivity index (χ1) is 31.3. The molecule has 376 valence electrons. The van der Waals surface area contributed by atoms with Gasteiger partial charge in [0.2, 0.25) is 5.91 Å². The molecule has 0 saturated carbocycles. The van der Waals surface area contributed by atoms with E-state index in [1.807, 2.05) is 0 Å². The molecule has 0 aromatic carbocycles. The van der Waals surface area contributed by atoms with Gasteiger partial charge < -0.3 is 20.1 Å². The van der Waals surface area contributed by atoms with Crippen LogP contribution in [0.3, 0.4) is 0 Å². The highest BCUT2D eigenvalue weighted by Crippen LogP contribution is 2.42. The Morgan fingerprint density at radius 1 is 0.484 bits per heavy atom. The van der Waals surface area contributed by atoms with Crippen LogP contribution in [-0.4, -0.2) is 54.3 Å². The van der Waals surface area contributed by atoms with Crippen molar-refractivity contribution in [3.05, 3.63) is 36.5 Å². The molecule has 0 radical (unpaired) electrons. The molecular formula is C54H102NO8P. The molecule has 0 aliphatic carbocycles. The number of ether oxygens (including phenoxy) is 1. The number of carbonyl (C=O) groups is 2. The zero-order chi connectivity index (χ0) is 46.7.